The standard InChI is InChI=1S/C16H16F3NO3S2/c17-16(18,19)23-14-8-4-5-9-15(14)25(21,22)20-10-11-24-12-13-6-2-1-3-7-13/h1-9,20H,10-12H2. The van der Waals surface area contributed by atoms with E-state index in [9.17, 15) is 21.6 Å². The van der Waals surface area contributed by atoms with Crippen molar-refractivity contribution in [2.75, 3.05) is 12.3 Å². The minimum atomic E-state index is -4.96. The van der Waals surface area contributed by atoms with E-state index >= 15 is 0 Å². The Bertz CT molecular complexity index is 781. The van der Waals surface area contributed by atoms with Crippen molar-refractivity contribution in [3.8, 4) is 5.75 Å². The zero-order valence-corrected chi connectivity index (χ0v) is 14.6. The van der Waals surface area contributed by atoms with E-state index in [4.69, 9.17) is 0 Å². The van der Waals surface area contributed by atoms with E-state index in [1.165, 1.54) is 23.9 Å². The number of hydrogen-bond donors (Lipinski definition) is 1. The number of halogens is 3. The normalized spacial score (nSPS) is 12.1. The minimum absolute atomic E-state index is 0.0974. The lowest BCUT2D eigenvalue weighted by atomic mass is 10.2. The van der Waals surface area contributed by atoms with Crippen LogP contribution in [0.5, 0.6) is 5.75 Å². The second-order valence-electron chi connectivity index (χ2n) is 4.93. The smallest absolute Gasteiger partial charge is 0.404 e. The summed E-state index contributed by atoms with van der Waals surface area (Å²) in [5.41, 5.74) is 1.11. The fourth-order valence-corrected chi connectivity index (χ4v) is 4.08. The molecule has 0 unspecified atom stereocenters. The van der Waals surface area contributed by atoms with Crippen LogP contribution in [-0.2, 0) is 15.8 Å². The minimum Gasteiger partial charge on any atom is -0.404 e. The average Bonchev–Trinajstić information content (AvgIpc) is 2.54. The Balaban J connectivity index is 1.91. The molecular weight excluding hydrogens is 375 g/mol. The molecule has 4 nitrogen and oxygen atoms in total. The van der Waals surface area contributed by atoms with Crippen LogP contribution in [-0.4, -0.2) is 27.1 Å². The van der Waals surface area contributed by atoms with Gasteiger partial charge in [0.25, 0.3) is 0 Å². The van der Waals surface area contributed by atoms with E-state index in [1.807, 2.05) is 30.3 Å². The van der Waals surface area contributed by atoms with Gasteiger partial charge in [-0.3, -0.25) is 0 Å². The molecule has 2 aromatic carbocycles. The number of ether oxygens (including phenoxy) is 1. The van der Waals surface area contributed by atoms with Gasteiger partial charge in [0, 0.05) is 18.1 Å². The topological polar surface area (TPSA) is 55.4 Å². The molecule has 0 bridgehead atoms. The maximum absolute atomic E-state index is 12.4. The fraction of sp³-hybridized carbons (Fsp3) is 0.250. The van der Waals surface area contributed by atoms with Crippen molar-refractivity contribution in [2.24, 2.45) is 0 Å². The maximum atomic E-state index is 12.4. The SMILES string of the molecule is O=S(=O)(NCCSCc1ccccc1)c1ccccc1OC(F)(F)F. The summed E-state index contributed by atoms with van der Waals surface area (Å²) in [5, 5.41) is 0. The zero-order chi connectivity index (χ0) is 18.3. The van der Waals surface area contributed by atoms with Gasteiger partial charge in [0.05, 0.1) is 0 Å². The van der Waals surface area contributed by atoms with Gasteiger partial charge >= 0.3 is 6.36 Å². The van der Waals surface area contributed by atoms with Gasteiger partial charge in [-0.1, -0.05) is 42.5 Å². The van der Waals surface area contributed by atoms with E-state index in [1.54, 1.807) is 0 Å². The van der Waals surface area contributed by atoms with Gasteiger partial charge in [-0.05, 0) is 17.7 Å². The van der Waals surface area contributed by atoms with Gasteiger partial charge < -0.3 is 4.74 Å². The van der Waals surface area contributed by atoms with Gasteiger partial charge in [-0.25, -0.2) is 13.1 Å². The molecule has 0 saturated carbocycles. The highest BCUT2D eigenvalue weighted by Gasteiger charge is 2.33. The molecular formula is C16H16F3NO3S2. The first-order chi connectivity index (χ1) is 11.8. The largest absolute Gasteiger partial charge is 0.573 e. The maximum Gasteiger partial charge on any atom is 0.573 e. The summed E-state index contributed by atoms with van der Waals surface area (Å²) in [6, 6.07) is 14.3. The summed E-state index contributed by atoms with van der Waals surface area (Å²) in [4.78, 5) is -0.541. The summed E-state index contributed by atoms with van der Waals surface area (Å²) >= 11 is 1.52. The number of benzene rings is 2. The quantitative estimate of drug-likeness (QED) is 0.696. The summed E-state index contributed by atoms with van der Waals surface area (Å²) in [6.07, 6.45) is -4.96. The van der Waals surface area contributed by atoms with E-state index in [2.05, 4.69) is 9.46 Å². The second kappa shape index (κ2) is 8.59. The Morgan fingerprint density at radius 3 is 2.32 bits per heavy atom. The molecule has 0 saturated heterocycles. The van der Waals surface area contributed by atoms with E-state index in [-0.39, 0.29) is 6.54 Å². The number of rotatable bonds is 8. The van der Waals surface area contributed by atoms with Gasteiger partial charge in [-0.15, -0.1) is 13.2 Å². The number of alkyl halides is 3. The molecule has 0 radical (unpaired) electrons. The Morgan fingerprint density at radius 1 is 1.00 bits per heavy atom. The number of para-hydroxylation sites is 1. The van der Waals surface area contributed by atoms with E-state index in [0.717, 1.165) is 23.4 Å². The summed E-state index contributed by atoms with van der Waals surface area (Å²) < 4.78 is 67.6. The second-order valence-corrected chi connectivity index (χ2v) is 7.77. The summed E-state index contributed by atoms with van der Waals surface area (Å²) in [5.74, 6) is 0.451. The molecule has 0 fully saturated rings. The number of nitrogens with one attached hydrogen (secondary N) is 1. The van der Waals surface area contributed by atoms with Crippen molar-refractivity contribution in [2.45, 2.75) is 17.0 Å². The van der Waals surface area contributed by atoms with Crippen molar-refractivity contribution in [1.82, 2.24) is 4.72 Å². The highest BCUT2D eigenvalue weighted by molar-refractivity contribution is 7.98. The highest BCUT2D eigenvalue weighted by atomic mass is 32.2. The van der Waals surface area contributed by atoms with E-state index < -0.39 is 27.0 Å². The average molecular weight is 391 g/mol. The molecule has 0 aromatic heterocycles. The third-order valence-corrected chi connectivity index (χ3v) is 5.55. The lowest BCUT2D eigenvalue weighted by Crippen LogP contribution is -2.27. The Labute approximate surface area is 148 Å². The van der Waals surface area contributed by atoms with Crippen molar-refractivity contribution in [3.63, 3.8) is 0 Å². The molecule has 0 spiro atoms. The van der Waals surface area contributed by atoms with Crippen molar-refractivity contribution >= 4 is 21.8 Å². The molecule has 0 heterocycles. The van der Waals surface area contributed by atoms with Crippen LogP contribution in [0.15, 0.2) is 59.5 Å². The molecule has 1 N–H and O–H groups in total. The molecule has 9 heteroatoms. The summed E-state index contributed by atoms with van der Waals surface area (Å²) in [7, 11) is -4.10. The number of hydrogen-bond acceptors (Lipinski definition) is 4. The van der Waals surface area contributed by atoms with Crippen molar-refractivity contribution in [1.29, 1.82) is 0 Å². The Morgan fingerprint density at radius 2 is 1.64 bits per heavy atom. The summed E-state index contributed by atoms with van der Waals surface area (Å²) in [6.45, 7) is 0.0974. The number of thioether (sulfide) groups is 1. The highest BCUT2D eigenvalue weighted by Crippen LogP contribution is 2.29. The molecule has 2 rings (SSSR count). The molecule has 0 amide bonds. The van der Waals surface area contributed by atoms with Gasteiger partial charge in [0.1, 0.15) is 10.6 Å². The third-order valence-electron chi connectivity index (χ3n) is 3.01. The predicted octanol–water partition coefficient (Wildman–Crippen LogP) is 3.80. The van der Waals surface area contributed by atoms with Crippen LogP contribution in [0, 0.1) is 0 Å². The van der Waals surface area contributed by atoms with Gasteiger partial charge in [0.15, 0.2) is 0 Å². The van der Waals surface area contributed by atoms with Crippen LogP contribution in [0.4, 0.5) is 13.2 Å². The van der Waals surface area contributed by atoms with Crippen LogP contribution in [0.3, 0.4) is 0 Å². The molecule has 2 aromatic rings. The molecule has 0 aliphatic carbocycles. The molecule has 136 valence electrons. The predicted molar refractivity (Wildman–Crippen MR) is 90.9 cm³/mol. The molecule has 25 heavy (non-hydrogen) atoms. The van der Waals surface area contributed by atoms with Crippen LogP contribution in [0.25, 0.3) is 0 Å². The van der Waals surface area contributed by atoms with Crippen molar-refractivity contribution in [3.05, 3.63) is 60.2 Å². The van der Waals surface area contributed by atoms with Crippen LogP contribution in [0.2, 0.25) is 0 Å². The van der Waals surface area contributed by atoms with Crippen molar-refractivity contribution < 1.29 is 26.3 Å². The van der Waals surface area contributed by atoms with E-state index in [0.29, 0.717) is 5.75 Å². The third kappa shape index (κ3) is 6.60. The lowest BCUT2D eigenvalue weighted by molar-refractivity contribution is -0.275. The number of sulfonamides is 1. The fourth-order valence-electron chi connectivity index (χ4n) is 1.97. The van der Waals surface area contributed by atoms with Gasteiger partial charge in [-0.2, -0.15) is 11.8 Å². The van der Waals surface area contributed by atoms with Crippen LogP contribution >= 0.6 is 11.8 Å². The first-order valence-corrected chi connectivity index (χ1v) is 9.88. The first-order valence-electron chi connectivity index (χ1n) is 7.24. The Kier molecular flexibility index (Phi) is 6.74. The molecule has 0 aliphatic heterocycles. The Hall–Kier alpha value is -1.71. The zero-order valence-electron chi connectivity index (χ0n) is 13.0. The monoisotopic (exact) mass is 391 g/mol. The molecule has 0 atom stereocenters. The first kappa shape index (κ1) is 19.6. The van der Waals surface area contributed by atoms with Crippen LogP contribution in [0.1, 0.15) is 5.56 Å². The lowest BCUT2D eigenvalue weighted by Gasteiger charge is -2.13. The molecule has 0 aliphatic rings. The van der Waals surface area contributed by atoms with Gasteiger partial charge in [0.2, 0.25) is 10.0 Å². The van der Waals surface area contributed by atoms with Crippen LogP contribution < -0.4 is 9.46 Å².